The lowest BCUT2D eigenvalue weighted by Gasteiger charge is -1.90. The quantitative estimate of drug-likeness (QED) is 0.576. The van der Waals surface area contributed by atoms with E-state index in [0.29, 0.717) is 5.69 Å². The third-order valence-electron chi connectivity index (χ3n) is 1.99. The Balaban J connectivity index is 2.56. The fourth-order valence-electron chi connectivity index (χ4n) is 1.19. The standard InChI is InChI=1S/C11H15N3O/c1-2-3-4-5-6-7-9-10(11(12)15)14-8-13-9/h8H,2-5H2,1H3,(H2,12,15)(H,13,14). The van der Waals surface area contributed by atoms with Crippen LogP contribution in [-0.2, 0) is 0 Å². The molecule has 1 rings (SSSR count). The summed E-state index contributed by atoms with van der Waals surface area (Å²) in [6.45, 7) is 2.15. The van der Waals surface area contributed by atoms with Crippen LogP contribution in [0, 0.1) is 11.8 Å². The van der Waals surface area contributed by atoms with Crippen molar-refractivity contribution in [2.75, 3.05) is 0 Å². The second-order valence-corrected chi connectivity index (χ2v) is 3.25. The zero-order valence-electron chi connectivity index (χ0n) is 8.84. The van der Waals surface area contributed by atoms with Gasteiger partial charge < -0.3 is 10.7 Å². The van der Waals surface area contributed by atoms with Crippen LogP contribution < -0.4 is 5.73 Å². The van der Waals surface area contributed by atoms with E-state index in [4.69, 9.17) is 5.73 Å². The van der Waals surface area contributed by atoms with Crippen LogP contribution in [0.3, 0.4) is 0 Å². The Kier molecular flexibility index (Phi) is 4.42. The average molecular weight is 205 g/mol. The maximum atomic E-state index is 10.9. The summed E-state index contributed by atoms with van der Waals surface area (Å²) in [6, 6.07) is 0. The Morgan fingerprint density at radius 2 is 2.40 bits per heavy atom. The number of unbranched alkanes of at least 4 members (excludes halogenated alkanes) is 3. The van der Waals surface area contributed by atoms with Gasteiger partial charge in [0, 0.05) is 6.42 Å². The number of carbonyl (C=O) groups is 1. The Morgan fingerprint density at radius 1 is 1.60 bits per heavy atom. The van der Waals surface area contributed by atoms with E-state index in [0.717, 1.165) is 12.8 Å². The Bertz CT molecular complexity index is 384. The fourth-order valence-corrected chi connectivity index (χ4v) is 1.19. The van der Waals surface area contributed by atoms with Crippen molar-refractivity contribution in [3.63, 3.8) is 0 Å². The molecule has 0 unspecified atom stereocenters. The smallest absolute Gasteiger partial charge is 0.270 e. The molecule has 0 aliphatic heterocycles. The van der Waals surface area contributed by atoms with E-state index in [1.807, 2.05) is 0 Å². The molecule has 80 valence electrons. The summed E-state index contributed by atoms with van der Waals surface area (Å²) in [5.74, 6) is 5.31. The highest BCUT2D eigenvalue weighted by molar-refractivity contribution is 5.92. The summed E-state index contributed by atoms with van der Waals surface area (Å²) < 4.78 is 0. The number of primary amides is 1. The van der Waals surface area contributed by atoms with Gasteiger partial charge in [-0.1, -0.05) is 25.7 Å². The maximum Gasteiger partial charge on any atom is 0.270 e. The van der Waals surface area contributed by atoms with Crippen molar-refractivity contribution < 1.29 is 4.79 Å². The molecule has 1 amide bonds. The molecule has 0 saturated heterocycles. The van der Waals surface area contributed by atoms with Crippen LogP contribution in [0.5, 0.6) is 0 Å². The van der Waals surface area contributed by atoms with Crippen molar-refractivity contribution in [1.82, 2.24) is 9.97 Å². The predicted molar refractivity (Wildman–Crippen MR) is 58.1 cm³/mol. The van der Waals surface area contributed by atoms with Crippen molar-refractivity contribution in [1.29, 1.82) is 0 Å². The molecule has 0 fully saturated rings. The van der Waals surface area contributed by atoms with Crippen molar-refractivity contribution in [2.24, 2.45) is 5.73 Å². The average Bonchev–Trinajstić information content (AvgIpc) is 2.66. The highest BCUT2D eigenvalue weighted by atomic mass is 16.1. The summed E-state index contributed by atoms with van der Waals surface area (Å²) in [4.78, 5) is 17.5. The topological polar surface area (TPSA) is 71.8 Å². The lowest BCUT2D eigenvalue weighted by Crippen LogP contribution is -2.12. The molecule has 4 nitrogen and oxygen atoms in total. The minimum absolute atomic E-state index is 0.220. The minimum atomic E-state index is -0.547. The zero-order chi connectivity index (χ0) is 11.1. The van der Waals surface area contributed by atoms with Crippen molar-refractivity contribution in [3.8, 4) is 11.8 Å². The highest BCUT2D eigenvalue weighted by Crippen LogP contribution is 2.01. The number of hydrogen-bond donors (Lipinski definition) is 2. The summed E-state index contributed by atoms with van der Waals surface area (Å²) in [5.41, 5.74) is 5.86. The molecule has 0 aromatic carbocycles. The normalized spacial score (nSPS) is 9.40. The fraction of sp³-hybridized carbons (Fsp3) is 0.455. The monoisotopic (exact) mass is 205 g/mol. The van der Waals surface area contributed by atoms with Gasteiger partial charge in [-0.25, -0.2) is 4.98 Å². The number of imidazole rings is 1. The van der Waals surface area contributed by atoms with E-state index >= 15 is 0 Å². The number of aromatic nitrogens is 2. The molecule has 0 saturated carbocycles. The molecular weight excluding hydrogens is 190 g/mol. The number of aromatic amines is 1. The molecule has 1 aromatic heterocycles. The molecule has 0 aliphatic rings. The van der Waals surface area contributed by atoms with E-state index in [9.17, 15) is 4.79 Å². The molecule has 0 atom stereocenters. The third kappa shape index (κ3) is 3.47. The summed E-state index contributed by atoms with van der Waals surface area (Å²) in [5, 5.41) is 0. The van der Waals surface area contributed by atoms with Crippen LogP contribution in [0.4, 0.5) is 0 Å². The van der Waals surface area contributed by atoms with E-state index in [2.05, 4.69) is 28.7 Å². The van der Waals surface area contributed by atoms with Gasteiger partial charge in [0.1, 0.15) is 5.69 Å². The summed E-state index contributed by atoms with van der Waals surface area (Å²) in [6.07, 6.45) is 5.71. The van der Waals surface area contributed by atoms with Crippen molar-refractivity contribution in [3.05, 3.63) is 17.7 Å². The van der Waals surface area contributed by atoms with Crippen molar-refractivity contribution in [2.45, 2.75) is 32.6 Å². The molecule has 4 heteroatoms. The van der Waals surface area contributed by atoms with Gasteiger partial charge in [-0.15, -0.1) is 0 Å². The van der Waals surface area contributed by atoms with Crippen LogP contribution >= 0.6 is 0 Å². The van der Waals surface area contributed by atoms with E-state index in [1.165, 1.54) is 19.2 Å². The number of rotatable bonds is 4. The largest absolute Gasteiger partial charge is 0.364 e. The van der Waals surface area contributed by atoms with Crippen LogP contribution in [0.2, 0.25) is 0 Å². The number of carbonyl (C=O) groups excluding carboxylic acids is 1. The van der Waals surface area contributed by atoms with Gasteiger partial charge >= 0.3 is 0 Å². The number of amides is 1. The molecule has 3 N–H and O–H groups in total. The first-order valence-electron chi connectivity index (χ1n) is 5.07. The zero-order valence-corrected chi connectivity index (χ0v) is 8.84. The second kappa shape index (κ2) is 5.86. The molecule has 15 heavy (non-hydrogen) atoms. The Labute approximate surface area is 89.3 Å². The first-order chi connectivity index (χ1) is 7.25. The van der Waals surface area contributed by atoms with Gasteiger partial charge in [0.25, 0.3) is 5.91 Å². The highest BCUT2D eigenvalue weighted by Gasteiger charge is 2.07. The lowest BCUT2D eigenvalue weighted by atomic mass is 10.2. The first-order valence-corrected chi connectivity index (χ1v) is 5.07. The summed E-state index contributed by atoms with van der Waals surface area (Å²) in [7, 11) is 0. The van der Waals surface area contributed by atoms with Gasteiger partial charge in [-0.05, 0) is 12.3 Å². The molecule has 0 radical (unpaired) electrons. The number of nitrogens with two attached hydrogens (primary N) is 1. The SMILES string of the molecule is CCCCCC#Cc1[nH]cnc1C(N)=O. The van der Waals surface area contributed by atoms with Crippen LogP contribution in [-0.4, -0.2) is 15.9 Å². The number of nitrogens with one attached hydrogen (secondary N) is 1. The third-order valence-corrected chi connectivity index (χ3v) is 1.99. The molecular formula is C11H15N3O. The van der Waals surface area contributed by atoms with Gasteiger partial charge in [0.15, 0.2) is 5.69 Å². The van der Waals surface area contributed by atoms with Gasteiger partial charge in [0.05, 0.1) is 6.33 Å². The molecule has 0 bridgehead atoms. The molecule has 1 aromatic rings. The van der Waals surface area contributed by atoms with Crippen LogP contribution in [0.15, 0.2) is 6.33 Å². The molecule has 0 spiro atoms. The number of nitrogens with zero attached hydrogens (tertiary/aromatic N) is 1. The van der Waals surface area contributed by atoms with Crippen LogP contribution in [0.1, 0.15) is 48.8 Å². The Morgan fingerprint density at radius 3 is 3.07 bits per heavy atom. The number of H-pyrrole nitrogens is 1. The van der Waals surface area contributed by atoms with E-state index in [-0.39, 0.29) is 5.69 Å². The molecule has 1 heterocycles. The Hall–Kier alpha value is -1.76. The predicted octanol–water partition coefficient (Wildman–Crippen LogP) is 1.44. The molecule has 0 aliphatic carbocycles. The summed E-state index contributed by atoms with van der Waals surface area (Å²) >= 11 is 0. The number of hydrogen-bond acceptors (Lipinski definition) is 2. The second-order valence-electron chi connectivity index (χ2n) is 3.25. The maximum absolute atomic E-state index is 10.9. The van der Waals surface area contributed by atoms with Gasteiger partial charge in [-0.3, -0.25) is 4.79 Å². The first kappa shape index (κ1) is 11.3. The van der Waals surface area contributed by atoms with Gasteiger partial charge in [0.2, 0.25) is 0 Å². The van der Waals surface area contributed by atoms with E-state index in [1.54, 1.807) is 0 Å². The van der Waals surface area contributed by atoms with Crippen molar-refractivity contribution >= 4 is 5.91 Å². The lowest BCUT2D eigenvalue weighted by molar-refractivity contribution is 0.0996. The van der Waals surface area contributed by atoms with Gasteiger partial charge in [-0.2, -0.15) is 0 Å². The van der Waals surface area contributed by atoms with E-state index < -0.39 is 5.91 Å². The van der Waals surface area contributed by atoms with Crippen LogP contribution in [0.25, 0.3) is 0 Å². The minimum Gasteiger partial charge on any atom is -0.364 e.